The van der Waals surface area contributed by atoms with Gasteiger partial charge in [-0.1, -0.05) is 96.8 Å². The molecule has 1 heterocycles. The molecule has 0 aliphatic heterocycles. The SMILES string of the molecule is CSC(=S)n1nc(-c2ccccc2)c(N=Nc2ccccc2[N+](=O)[O-])c1-c1ccccc1. The predicted molar refractivity (Wildman–Crippen MR) is 132 cm³/mol. The Kier molecular flexibility index (Phi) is 6.48. The minimum Gasteiger partial charge on any atom is -0.258 e. The number of hydrogen-bond donors (Lipinski definition) is 0. The van der Waals surface area contributed by atoms with Gasteiger partial charge in [0.05, 0.1) is 4.92 Å². The van der Waals surface area contributed by atoms with E-state index in [-0.39, 0.29) is 11.4 Å². The van der Waals surface area contributed by atoms with Gasteiger partial charge in [0.25, 0.3) is 5.69 Å². The van der Waals surface area contributed by atoms with Crippen LogP contribution in [-0.4, -0.2) is 25.3 Å². The van der Waals surface area contributed by atoms with E-state index < -0.39 is 4.92 Å². The summed E-state index contributed by atoms with van der Waals surface area (Å²) in [5, 5.41) is 24.9. The maximum absolute atomic E-state index is 11.4. The van der Waals surface area contributed by atoms with Crippen LogP contribution in [0.15, 0.2) is 95.2 Å². The van der Waals surface area contributed by atoms with Crippen LogP contribution in [0.5, 0.6) is 0 Å². The van der Waals surface area contributed by atoms with Gasteiger partial charge in [0.15, 0.2) is 10.0 Å². The Morgan fingerprint density at radius 1 is 0.938 bits per heavy atom. The zero-order valence-corrected chi connectivity index (χ0v) is 18.6. The lowest BCUT2D eigenvalue weighted by Gasteiger charge is -2.07. The molecular weight excluding hydrogens is 442 g/mol. The number of azo groups is 1. The second kappa shape index (κ2) is 9.63. The van der Waals surface area contributed by atoms with Crippen molar-refractivity contribution in [2.75, 3.05) is 6.26 Å². The molecule has 0 bridgehead atoms. The zero-order chi connectivity index (χ0) is 22.5. The van der Waals surface area contributed by atoms with E-state index in [9.17, 15) is 10.1 Å². The average molecular weight is 460 g/mol. The van der Waals surface area contributed by atoms with Gasteiger partial charge in [0.2, 0.25) is 0 Å². The van der Waals surface area contributed by atoms with Gasteiger partial charge in [0, 0.05) is 17.2 Å². The summed E-state index contributed by atoms with van der Waals surface area (Å²) in [5.41, 5.74) is 3.48. The summed E-state index contributed by atoms with van der Waals surface area (Å²) in [7, 11) is 0. The Balaban J connectivity index is 1.98. The number of nitro groups is 1. The number of nitrogens with zero attached hydrogens (tertiary/aromatic N) is 5. The van der Waals surface area contributed by atoms with Crippen LogP contribution >= 0.6 is 24.0 Å². The van der Waals surface area contributed by atoms with Crippen LogP contribution in [0.3, 0.4) is 0 Å². The van der Waals surface area contributed by atoms with Crippen molar-refractivity contribution in [1.29, 1.82) is 0 Å². The van der Waals surface area contributed by atoms with Crippen LogP contribution in [0.25, 0.3) is 22.5 Å². The van der Waals surface area contributed by atoms with E-state index in [1.807, 2.05) is 66.9 Å². The third kappa shape index (κ3) is 4.34. The van der Waals surface area contributed by atoms with Crippen LogP contribution in [0.2, 0.25) is 0 Å². The lowest BCUT2D eigenvalue weighted by molar-refractivity contribution is -0.384. The van der Waals surface area contributed by atoms with Gasteiger partial charge in [0.1, 0.15) is 17.1 Å². The summed E-state index contributed by atoms with van der Waals surface area (Å²) in [4.78, 5) is 10.9. The molecule has 0 atom stereocenters. The minimum absolute atomic E-state index is 0.120. The molecule has 0 spiro atoms. The summed E-state index contributed by atoms with van der Waals surface area (Å²) >= 11 is 6.96. The van der Waals surface area contributed by atoms with Gasteiger partial charge in [-0.3, -0.25) is 10.1 Å². The van der Waals surface area contributed by atoms with Crippen molar-refractivity contribution in [3.8, 4) is 22.5 Å². The molecule has 32 heavy (non-hydrogen) atoms. The van der Waals surface area contributed by atoms with E-state index in [1.54, 1.807) is 22.9 Å². The summed E-state index contributed by atoms with van der Waals surface area (Å²) in [5.74, 6) is 0. The second-order valence-electron chi connectivity index (χ2n) is 6.61. The summed E-state index contributed by atoms with van der Waals surface area (Å²) < 4.78 is 2.22. The first-order valence-corrected chi connectivity index (χ1v) is 11.2. The van der Waals surface area contributed by atoms with Crippen LogP contribution < -0.4 is 0 Å². The first-order chi connectivity index (χ1) is 15.6. The maximum Gasteiger partial charge on any atom is 0.296 e. The minimum atomic E-state index is -0.475. The molecule has 0 aliphatic carbocycles. The van der Waals surface area contributed by atoms with E-state index in [4.69, 9.17) is 17.3 Å². The largest absolute Gasteiger partial charge is 0.296 e. The highest BCUT2D eigenvalue weighted by atomic mass is 32.2. The molecular formula is C23H17N5O2S2. The topological polar surface area (TPSA) is 85.7 Å². The summed E-state index contributed by atoms with van der Waals surface area (Å²) in [6, 6.07) is 25.5. The van der Waals surface area contributed by atoms with Crippen LogP contribution in [-0.2, 0) is 0 Å². The molecule has 7 nitrogen and oxygen atoms in total. The molecule has 1 aromatic heterocycles. The van der Waals surface area contributed by atoms with Crippen molar-refractivity contribution in [2.24, 2.45) is 10.2 Å². The number of hydrogen-bond acceptors (Lipinski definition) is 7. The fourth-order valence-corrected chi connectivity index (χ4v) is 3.61. The fourth-order valence-electron chi connectivity index (χ4n) is 3.18. The molecule has 0 radical (unpaired) electrons. The molecule has 3 aromatic carbocycles. The highest BCUT2D eigenvalue weighted by Gasteiger charge is 2.23. The van der Waals surface area contributed by atoms with Crippen molar-refractivity contribution >= 4 is 45.4 Å². The van der Waals surface area contributed by atoms with Gasteiger partial charge in [-0.15, -0.1) is 10.2 Å². The molecule has 4 rings (SSSR count). The normalized spacial score (nSPS) is 11.0. The van der Waals surface area contributed by atoms with E-state index in [0.29, 0.717) is 21.4 Å². The van der Waals surface area contributed by atoms with Crippen molar-refractivity contribution in [3.05, 3.63) is 95.0 Å². The van der Waals surface area contributed by atoms with E-state index in [0.717, 1.165) is 11.1 Å². The summed E-state index contributed by atoms with van der Waals surface area (Å²) in [6.07, 6.45) is 1.88. The number of nitro benzene ring substituents is 1. The molecule has 0 aliphatic rings. The Hall–Kier alpha value is -3.69. The van der Waals surface area contributed by atoms with Crippen molar-refractivity contribution < 1.29 is 4.92 Å². The lowest BCUT2D eigenvalue weighted by Crippen LogP contribution is -2.08. The maximum atomic E-state index is 11.4. The van der Waals surface area contributed by atoms with E-state index in [2.05, 4.69) is 10.2 Å². The molecule has 0 saturated heterocycles. The van der Waals surface area contributed by atoms with Crippen LogP contribution in [0.4, 0.5) is 17.1 Å². The molecule has 0 unspecified atom stereocenters. The molecule has 9 heteroatoms. The van der Waals surface area contributed by atoms with Gasteiger partial charge >= 0.3 is 0 Å². The highest BCUT2D eigenvalue weighted by Crippen LogP contribution is 2.41. The first kappa shape index (κ1) is 21.5. The van der Waals surface area contributed by atoms with Crippen molar-refractivity contribution in [2.45, 2.75) is 0 Å². The molecule has 0 fully saturated rings. The predicted octanol–water partition coefficient (Wildman–Crippen LogP) is 7.04. The van der Waals surface area contributed by atoms with Crippen molar-refractivity contribution in [3.63, 3.8) is 0 Å². The van der Waals surface area contributed by atoms with Gasteiger partial charge < -0.3 is 0 Å². The van der Waals surface area contributed by atoms with Gasteiger partial charge in [-0.05, 0) is 12.3 Å². The van der Waals surface area contributed by atoms with Crippen LogP contribution in [0.1, 0.15) is 0 Å². The number of thioether (sulfide) groups is 1. The number of aromatic nitrogens is 2. The third-order valence-corrected chi connectivity index (χ3v) is 5.83. The number of thiocarbonyl (C=S) groups is 1. The molecule has 158 valence electrons. The van der Waals surface area contributed by atoms with E-state index >= 15 is 0 Å². The standard InChI is InChI=1S/C23H17N5O2S2/c1-32-23(31)27-22(17-12-6-3-7-13-17)21(20(26-27)16-10-4-2-5-11-16)25-24-18-14-8-9-15-19(18)28(29)30/h2-15H,1H3. The lowest BCUT2D eigenvalue weighted by atomic mass is 10.1. The molecule has 0 N–H and O–H groups in total. The fraction of sp³-hybridized carbons (Fsp3) is 0.0435. The third-order valence-electron chi connectivity index (χ3n) is 4.64. The monoisotopic (exact) mass is 459 g/mol. The van der Waals surface area contributed by atoms with Crippen LogP contribution in [0, 0.1) is 10.1 Å². The first-order valence-electron chi connectivity index (χ1n) is 9.57. The Morgan fingerprint density at radius 2 is 1.53 bits per heavy atom. The zero-order valence-electron chi connectivity index (χ0n) is 17.0. The quantitative estimate of drug-likeness (QED) is 0.138. The van der Waals surface area contributed by atoms with E-state index in [1.165, 1.54) is 17.8 Å². The average Bonchev–Trinajstić information content (AvgIpc) is 3.23. The Morgan fingerprint density at radius 3 is 2.16 bits per heavy atom. The van der Waals surface area contributed by atoms with Crippen molar-refractivity contribution in [1.82, 2.24) is 9.78 Å². The second-order valence-corrected chi connectivity index (χ2v) is 8.05. The number of para-hydroxylation sites is 1. The summed E-state index contributed by atoms with van der Waals surface area (Å²) in [6.45, 7) is 0. The van der Waals surface area contributed by atoms with Gasteiger partial charge in [-0.25, -0.2) is 4.68 Å². The highest BCUT2D eigenvalue weighted by molar-refractivity contribution is 8.22. The smallest absolute Gasteiger partial charge is 0.258 e. The Bertz CT molecular complexity index is 1300. The number of rotatable bonds is 5. The molecule has 0 amide bonds. The van der Waals surface area contributed by atoms with Gasteiger partial charge in [-0.2, -0.15) is 5.10 Å². The Labute approximate surface area is 194 Å². The molecule has 4 aromatic rings. The number of benzene rings is 3. The molecule has 0 saturated carbocycles.